The van der Waals surface area contributed by atoms with Crippen LogP contribution in [0.3, 0.4) is 0 Å². The summed E-state index contributed by atoms with van der Waals surface area (Å²) in [4.78, 5) is 31.0. The number of rotatable bonds is 5. The monoisotopic (exact) mass is 468 g/mol. The van der Waals surface area contributed by atoms with Crippen molar-refractivity contribution in [2.45, 2.75) is 27.4 Å². The molecule has 0 bridgehead atoms. The first-order chi connectivity index (χ1) is 15.3. The molecule has 0 saturated carbocycles. The fourth-order valence-electron chi connectivity index (χ4n) is 3.43. The lowest BCUT2D eigenvalue weighted by Gasteiger charge is -2.20. The summed E-state index contributed by atoms with van der Waals surface area (Å²) in [5.74, 6) is 0.0467. The fraction of sp³-hybridized carbons (Fsp3) is 0.208. The Balaban J connectivity index is 1.47. The maximum atomic E-state index is 12.5. The van der Waals surface area contributed by atoms with Gasteiger partial charge in [-0.05, 0) is 49.8 Å². The molecule has 0 saturated heterocycles. The molecule has 1 amide bonds. The summed E-state index contributed by atoms with van der Waals surface area (Å²) in [6.45, 7) is 5.58. The summed E-state index contributed by atoms with van der Waals surface area (Å²) in [5.41, 5.74) is 4.58. The van der Waals surface area contributed by atoms with Gasteiger partial charge in [-0.15, -0.1) is 11.3 Å². The van der Waals surface area contributed by atoms with Crippen LogP contribution in [-0.4, -0.2) is 23.5 Å². The zero-order valence-electron chi connectivity index (χ0n) is 17.8. The van der Waals surface area contributed by atoms with E-state index in [-0.39, 0.29) is 19.1 Å². The molecular formula is C24H21ClN2O4S. The van der Waals surface area contributed by atoms with Crippen LogP contribution in [-0.2, 0) is 20.9 Å². The van der Waals surface area contributed by atoms with Crippen LogP contribution < -0.4 is 9.64 Å². The van der Waals surface area contributed by atoms with E-state index in [9.17, 15) is 9.59 Å². The summed E-state index contributed by atoms with van der Waals surface area (Å²) in [7, 11) is 0. The number of anilines is 2. The number of carbonyl (C=O) groups is 2. The molecule has 0 aliphatic carbocycles. The third-order valence-electron chi connectivity index (χ3n) is 4.94. The Hall–Kier alpha value is -3.16. The highest BCUT2D eigenvalue weighted by molar-refractivity contribution is 7.14. The third-order valence-corrected chi connectivity index (χ3v) is 6.05. The maximum absolute atomic E-state index is 12.5. The molecule has 0 atom stereocenters. The number of halogens is 1. The highest BCUT2D eigenvalue weighted by Gasteiger charge is 2.22. The number of fused-ring (bicyclic) bond motifs is 1. The molecule has 1 aliphatic heterocycles. The van der Waals surface area contributed by atoms with E-state index < -0.39 is 5.97 Å². The van der Waals surface area contributed by atoms with Crippen LogP contribution in [0.4, 0.5) is 10.8 Å². The van der Waals surface area contributed by atoms with Crippen molar-refractivity contribution in [1.29, 1.82) is 0 Å². The Morgan fingerprint density at radius 1 is 1.22 bits per heavy atom. The molecule has 1 aromatic heterocycles. The van der Waals surface area contributed by atoms with Crippen molar-refractivity contribution >= 4 is 51.7 Å². The molecule has 2 aromatic carbocycles. The van der Waals surface area contributed by atoms with Crippen molar-refractivity contribution < 1.29 is 19.1 Å². The summed E-state index contributed by atoms with van der Waals surface area (Å²) in [6, 6.07) is 11.1. The van der Waals surface area contributed by atoms with Crippen molar-refractivity contribution in [2.75, 3.05) is 11.5 Å². The number of nitrogens with zero attached hydrogens (tertiary/aromatic N) is 2. The lowest BCUT2D eigenvalue weighted by molar-refractivity contribution is -0.140. The highest BCUT2D eigenvalue weighted by atomic mass is 35.5. The number of thiazole rings is 1. The first-order valence-electron chi connectivity index (χ1n) is 9.94. The van der Waals surface area contributed by atoms with Crippen molar-refractivity contribution in [2.24, 2.45) is 0 Å². The number of aromatic nitrogens is 1. The van der Waals surface area contributed by atoms with Gasteiger partial charge in [-0.3, -0.25) is 9.69 Å². The minimum Gasteiger partial charge on any atom is -0.488 e. The topological polar surface area (TPSA) is 68.7 Å². The van der Waals surface area contributed by atoms with Crippen LogP contribution in [0.2, 0.25) is 5.02 Å². The SMILES string of the molecule is CC(=O)N(c1nc(COC(=O)C2=Cc3cc(Cl)ccc3OC2)cs1)c1ccc(C)cc1C. The average molecular weight is 469 g/mol. The number of ether oxygens (including phenoxy) is 2. The van der Waals surface area contributed by atoms with E-state index in [2.05, 4.69) is 4.98 Å². The fourth-order valence-corrected chi connectivity index (χ4v) is 4.47. The van der Waals surface area contributed by atoms with E-state index in [0.29, 0.717) is 27.2 Å². The van der Waals surface area contributed by atoms with Gasteiger partial charge in [0.2, 0.25) is 5.91 Å². The smallest absolute Gasteiger partial charge is 0.337 e. The predicted molar refractivity (Wildman–Crippen MR) is 126 cm³/mol. The second-order valence-electron chi connectivity index (χ2n) is 7.48. The quantitative estimate of drug-likeness (QED) is 0.455. The van der Waals surface area contributed by atoms with Gasteiger partial charge in [0.05, 0.1) is 17.0 Å². The minimum atomic E-state index is -0.483. The van der Waals surface area contributed by atoms with Gasteiger partial charge < -0.3 is 9.47 Å². The van der Waals surface area contributed by atoms with Crippen LogP contribution in [0.1, 0.15) is 29.3 Å². The van der Waals surface area contributed by atoms with Gasteiger partial charge in [-0.25, -0.2) is 9.78 Å². The number of esters is 1. The van der Waals surface area contributed by atoms with E-state index >= 15 is 0 Å². The first kappa shape index (κ1) is 22.0. The second-order valence-corrected chi connectivity index (χ2v) is 8.76. The molecule has 4 rings (SSSR count). The number of hydrogen-bond donors (Lipinski definition) is 0. The molecule has 0 unspecified atom stereocenters. The molecule has 8 heteroatoms. The molecule has 0 radical (unpaired) electrons. The number of hydrogen-bond acceptors (Lipinski definition) is 6. The summed E-state index contributed by atoms with van der Waals surface area (Å²) in [6.07, 6.45) is 1.72. The lowest BCUT2D eigenvalue weighted by atomic mass is 10.1. The average Bonchev–Trinajstić information content (AvgIpc) is 3.21. The molecule has 0 N–H and O–H groups in total. The van der Waals surface area contributed by atoms with Crippen LogP contribution >= 0.6 is 22.9 Å². The van der Waals surface area contributed by atoms with E-state index in [1.54, 1.807) is 34.6 Å². The minimum absolute atomic E-state index is 0.00625. The van der Waals surface area contributed by atoms with Crippen LogP contribution in [0, 0.1) is 13.8 Å². The van der Waals surface area contributed by atoms with Gasteiger partial charge in [-0.1, -0.05) is 29.3 Å². The predicted octanol–water partition coefficient (Wildman–Crippen LogP) is 5.62. The second kappa shape index (κ2) is 9.14. The maximum Gasteiger partial charge on any atom is 0.337 e. The molecule has 0 fully saturated rings. The van der Waals surface area contributed by atoms with Gasteiger partial charge in [0.15, 0.2) is 5.13 Å². The van der Waals surface area contributed by atoms with E-state index in [1.165, 1.54) is 18.3 Å². The van der Waals surface area contributed by atoms with Crippen molar-refractivity contribution in [3.8, 4) is 5.75 Å². The molecule has 164 valence electrons. The van der Waals surface area contributed by atoms with Crippen LogP contribution in [0.15, 0.2) is 47.4 Å². The van der Waals surface area contributed by atoms with E-state index in [1.807, 2.05) is 32.0 Å². The molecule has 2 heterocycles. The summed E-state index contributed by atoms with van der Waals surface area (Å²) in [5, 5.41) is 2.87. The Labute approximate surface area is 195 Å². The highest BCUT2D eigenvalue weighted by Crippen LogP contribution is 2.32. The van der Waals surface area contributed by atoms with Crippen LogP contribution in [0.5, 0.6) is 5.75 Å². The molecular weight excluding hydrogens is 448 g/mol. The zero-order valence-corrected chi connectivity index (χ0v) is 19.4. The standard InChI is InChI=1S/C24H21ClN2O4S/c1-14-4-6-21(15(2)8-14)27(16(3)28)24-26-20(13-32-24)12-31-23(29)18-9-17-10-19(25)5-7-22(17)30-11-18/h4-10,13H,11-12H2,1-3H3. The molecule has 1 aliphatic rings. The summed E-state index contributed by atoms with van der Waals surface area (Å²) < 4.78 is 11.0. The van der Waals surface area contributed by atoms with Gasteiger partial charge in [-0.2, -0.15) is 0 Å². The Morgan fingerprint density at radius 3 is 2.78 bits per heavy atom. The van der Waals surface area contributed by atoms with Crippen molar-refractivity contribution in [3.05, 3.63) is 74.8 Å². The largest absolute Gasteiger partial charge is 0.488 e. The number of amides is 1. The Kier molecular flexibility index (Phi) is 6.30. The zero-order chi connectivity index (χ0) is 22.8. The van der Waals surface area contributed by atoms with Gasteiger partial charge in [0.1, 0.15) is 19.0 Å². The number of benzene rings is 2. The van der Waals surface area contributed by atoms with Crippen LogP contribution in [0.25, 0.3) is 6.08 Å². The Bertz CT molecular complexity index is 1230. The number of aryl methyl sites for hydroxylation is 2. The van der Waals surface area contributed by atoms with Gasteiger partial charge in [0, 0.05) is 22.9 Å². The van der Waals surface area contributed by atoms with Crippen molar-refractivity contribution in [3.63, 3.8) is 0 Å². The normalized spacial score (nSPS) is 12.4. The van der Waals surface area contributed by atoms with Crippen molar-refractivity contribution in [1.82, 2.24) is 4.98 Å². The lowest BCUT2D eigenvalue weighted by Crippen LogP contribution is -2.23. The first-order valence-corrected chi connectivity index (χ1v) is 11.2. The third kappa shape index (κ3) is 4.69. The molecule has 32 heavy (non-hydrogen) atoms. The number of carbonyl (C=O) groups excluding carboxylic acids is 2. The molecule has 3 aromatic rings. The van der Waals surface area contributed by atoms with Gasteiger partial charge >= 0.3 is 5.97 Å². The van der Waals surface area contributed by atoms with E-state index in [0.717, 1.165) is 22.4 Å². The van der Waals surface area contributed by atoms with E-state index in [4.69, 9.17) is 21.1 Å². The summed E-state index contributed by atoms with van der Waals surface area (Å²) >= 11 is 7.34. The molecule has 0 spiro atoms. The molecule has 6 nitrogen and oxygen atoms in total. The Morgan fingerprint density at radius 2 is 2.03 bits per heavy atom. The van der Waals surface area contributed by atoms with Gasteiger partial charge in [0.25, 0.3) is 0 Å².